The zero-order chi connectivity index (χ0) is 14.7. The van der Waals surface area contributed by atoms with Crippen molar-refractivity contribution in [3.63, 3.8) is 0 Å². The van der Waals surface area contributed by atoms with Crippen LogP contribution in [-0.2, 0) is 4.79 Å². The largest absolute Gasteiger partial charge is 0.350 e. The van der Waals surface area contributed by atoms with Crippen molar-refractivity contribution in [2.45, 2.75) is 37.4 Å². The third kappa shape index (κ3) is 2.95. The maximum Gasteiger partial charge on any atom is 0.240 e. The van der Waals surface area contributed by atoms with Gasteiger partial charge in [-0.2, -0.15) is 5.26 Å². The fraction of sp³-hybridized carbons (Fsp3) is 0.571. The summed E-state index contributed by atoms with van der Waals surface area (Å²) in [6.07, 6.45) is 5.75. The number of aromatic nitrogens is 2. The van der Waals surface area contributed by atoms with Crippen LogP contribution in [0.15, 0.2) is 18.5 Å². The van der Waals surface area contributed by atoms with Crippen LogP contribution in [0.25, 0.3) is 0 Å². The van der Waals surface area contributed by atoms with Gasteiger partial charge in [-0.3, -0.25) is 4.79 Å². The lowest BCUT2D eigenvalue weighted by Gasteiger charge is -2.23. The summed E-state index contributed by atoms with van der Waals surface area (Å²) in [5, 5.41) is 15.5. The molecule has 2 aliphatic rings. The Bertz CT molecular complexity index is 542. The molecule has 3 heterocycles. The van der Waals surface area contributed by atoms with E-state index in [4.69, 9.17) is 5.26 Å². The van der Waals surface area contributed by atoms with Gasteiger partial charge in [-0.05, 0) is 25.3 Å². The second-order valence-electron chi connectivity index (χ2n) is 5.43. The summed E-state index contributed by atoms with van der Waals surface area (Å²) in [5.74, 6) is 0.616. The third-order valence-corrected chi connectivity index (χ3v) is 4.01. The van der Waals surface area contributed by atoms with Gasteiger partial charge in [0.05, 0.1) is 12.1 Å². The molecule has 2 aliphatic heterocycles. The van der Waals surface area contributed by atoms with Crippen LogP contribution in [0, 0.1) is 11.3 Å². The minimum Gasteiger partial charge on any atom is -0.350 e. The van der Waals surface area contributed by atoms with Gasteiger partial charge in [0.15, 0.2) is 0 Å². The highest BCUT2D eigenvalue weighted by Crippen LogP contribution is 2.20. The average Bonchev–Trinajstić information content (AvgIpc) is 3.16. The highest BCUT2D eigenvalue weighted by Gasteiger charge is 2.37. The molecule has 0 spiro atoms. The number of anilines is 1. The van der Waals surface area contributed by atoms with Crippen LogP contribution in [0.5, 0.6) is 0 Å². The fourth-order valence-corrected chi connectivity index (χ4v) is 2.95. The van der Waals surface area contributed by atoms with Crippen LogP contribution in [0.2, 0.25) is 0 Å². The molecule has 0 bridgehead atoms. The zero-order valence-electron chi connectivity index (χ0n) is 11.7. The van der Waals surface area contributed by atoms with E-state index in [1.807, 2.05) is 0 Å². The van der Waals surface area contributed by atoms with Gasteiger partial charge in [-0.15, -0.1) is 0 Å². The van der Waals surface area contributed by atoms with E-state index in [9.17, 15) is 4.79 Å². The average molecular weight is 286 g/mol. The lowest BCUT2D eigenvalue weighted by Crippen LogP contribution is -2.45. The molecule has 0 radical (unpaired) electrons. The first-order chi connectivity index (χ1) is 10.3. The van der Waals surface area contributed by atoms with E-state index in [-0.39, 0.29) is 24.0 Å². The molecule has 7 nitrogen and oxygen atoms in total. The Kier molecular flexibility index (Phi) is 3.97. The first kappa shape index (κ1) is 13.8. The maximum atomic E-state index is 12.5. The molecular weight excluding hydrogens is 268 g/mol. The Morgan fingerprint density at radius 3 is 3.05 bits per heavy atom. The van der Waals surface area contributed by atoms with Gasteiger partial charge >= 0.3 is 0 Å². The summed E-state index contributed by atoms with van der Waals surface area (Å²) >= 11 is 0. The predicted molar refractivity (Wildman–Crippen MR) is 76.2 cm³/mol. The highest BCUT2D eigenvalue weighted by atomic mass is 16.2. The molecule has 7 heteroatoms. The van der Waals surface area contributed by atoms with Crippen molar-refractivity contribution in [2.75, 3.05) is 18.4 Å². The van der Waals surface area contributed by atoms with Gasteiger partial charge in [-0.1, -0.05) is 0 Å². The monoisotopic (exact) mass is 286 g/mol. The topological polar surface area (TPSA) is 93.9 Å². The second kappa shape index (κ2) is 6.06. The summed E-state index contributed by atoms with van der Waals surface area (Å²) in [7, 11) is 0. The fourth-order valence-electron chi connectivity index (χ4n) is 2.95. The van der Waals surface area contributed by atoms with Crippen LogP contribution < -0.4 is 10.6 Å². The molecule has 2 saturated heterocycles. The normalized spacial score (nSPS) is 28.3. The Hall–Kier alpha value is -2.20. The van der Waals surface area contributed by atoms with Crippen LogP contribution in [0.4, 0.5) is 5.95 Å². The van der Waals surface area contributed by atoms with Crippen molar-refractivity contribution in [3.8, 4) is 6.07 Å². The van der Waals surface area contributed by atoms with Crippen molar-refractivity contribution in [1.82, 2.24) is 20.2 Å². The van der Waals surface area contributed by atoms with Gasteiger partial charge < -0.3 is 15.5 Å². The van der Waals surface area contributed by atoms with E-state index in [1.54, 1.807) is 23.4 Å². The van der Waals surface area contributed by atoms with E-state index >= 15 is 0 Å². The van der Waals surface area contributed by atoms with Gasteiger partial charge in [0.2, 0.25) is 11.9 Å². The molecule has 1 unspecified atom stereocenters. The van der Waals surface area contributed by atoms with Crippen molar-refractivity contribution in [3.05, 3.63) is 18.5 Å². The molecule has 2 N–H and O–H groups in total. The molecule has 1 amide bonds. The van der Waals surface area contributed by atoms with Crippen LogP contribution >= 0.6 is 0 Å². The van der Waals surface area contributed by atoms with E-state index < -0.39 is 0 Å². The summed E-state index contributed by atoms with van der Waals surface area (Å²) in [6, 6.07) is 3.62. The van der Waals surface area contributed by atoms with Gasteiger partial charge in [0.1, 0.15) is 6.04 Å². The van der Waals surface area contributed by atoms with Gasteiger partial charge in [0.25, 0.3) is 0 Å². The third-order valence-electron chi connectivity index (χ3n) is 4.01. The highest BCUT2D eigenvalue weighted by molar-refractivity contribution is 5.83. The smallest absolute Gasteiger partial charge is 0.240 e. The number of carbonyl (C=O) groups excluding carboxylic acids is 1. The Morgan fingerprint density at radius 2 is 2.29 bits per heavy atom. The van der Waals surface area contributed by atoms with Gasteiger partial charge in [-0.25, -0.2) is 9.97 Å². The molecule has 0 saturated carbocycles. The molecule has 21 heavy (non-hydrogen) atoms. The number of rotatable bonds is 3. The minimum atomic E-state index is -0.260. The van der Waals surface area contributed by atoms with Gasteiger partial charge in [0, 0.05) is 31.5 Å². The molecule has 1 aromatic heterocycles. The van der Waals surface area contributed by atoms with Crippen LogP contribution in [0.1, 0.15) is 19.3 Å². The summed E-state index contributed by atoms with van der Waals surface area (Å²) in [6.45, 7) is 1.38. The Balaban J connectivity index is 1.57. The minimum absolute atomic E-state index is 0.0392. The molecular formula is C14H18N6O. The van der Waals surface area contributed by atoms with Crippen LogP contribution in [0.3, 0.4) is 0 Å². The number of nitrogens with zero attached hydrogens (tertiary/aromatic N) is 4. The number of likely N-dealkylation sites (tertiary alicyclic amines) is 1. The van der Waals surface area contributed by atoms with Crippen LogP contribution in [-0.4, -0.2) is 52.0 Å². The van der Waals surface area contributed by atoms with Crippen molar-refractivity contribution in [2.24, 2.45) is 0 Å². The molecule has 3 rings (SSSR count). The predicted octanol–water partition coefficient (Wildman–Crippen LogP) is 0.134. The summed E-state index contributed by atoms with van der Waals surface area (Å²) in [4.78, 5) is 22.4. The molecule has 1 aromatic rings. The van der Waals surface area contributed by atoms with E-state index in [0.717, 1.165) is 12.8 Å². The molecule has 0 aliphatic carbocycles. The number of nitriles is 1. The van der Waals surface area contributed by atoms with Crippen molar-refractivity contribution >= 4 is 11.9 Å². The lowest BCUT2D eigenvalue weighted by molar-refractivity contribution is -0.133. The second-order valence-corrected chi connectivity index (χ2v) is 5.43. The lowest BCUT2D eigenvalue weighted by atomic mass is 10.1. The first-order valence-electron chi connectivity index (χ1n) is 7.25. The van der Waals surface area contributed by atoms with Crippen molar-refractivity contribution < 1.29 is 4.79 Å². The first-order valence-corrected chi connectivity index (χ1v) is 7.25. The number of carbonyl (C=O) groups is 1. The number of hydrogen-bond acceptors (Lipinski definition) is 6. The summed E-state index contributed by atoms with van der Waals surface area (Å²) < 4.78 is 0. The number of hydrogen-bond donors (Lipinski definition) is 2. The number of nitrogens with one attached hydrogen (secondary N) is 2. The molecule has 3 atom stereocenters. The molecule has 110 valence electrons. The maximum absolute atomic E-state index is 12.5. The van der Waals surface area contributed by atoms with E-state index in [0.29, 0.717) is 25.5 Å². The molecule has 0 aromatic carbocycles. The number of amides is 1. The quantitative estimate of drug-likeness (QED) is 0.820. The zero-order valence-corrected chi connectivity index (χ0v) is 11.7. The van der Waals surface area contributed by atoms with E-state index in [1.165, 1.54) is 0 Å². The van der Waals surface area contributed by atoms with E-state index in [2.05, 4.69) is 26.7 Å². The Morgan fingerprint density at radius 1 is 1.48 bits per heavy atom. The standard InChI is InChI=1S/C14H18N6O/c15-8-11-3-1-6-20(11)13(21)12-7-10(9-18-12)19-14-16-4-2-5-17-14/h2,4-5,10-12,18H,1,3,6-7,9H2,(H,16,17,19)/t10-,11?,12-/m0/s1. The molecule has 2 fully saturated rings. The Labute approximate surface area is 123 Å². The SMILES string of the molecule is N#CC1CCCN1C(=O)[C@@H]1C[C@H](Nc2ncccn2)CN1. The summed E-state index contributed by atoms with van der Waals surface area (Å²) in [5.41, 5.74) is 0. The van der Waals surface area contributed by atoms with Crippen molar-refractivity contribution in [1.29, 1.82) is 5.26 Å².